The molecule has 4 heteroatoms. The van der Waals surface area contributed by atoms with Gasteiger partial charge in [-0.05, 0) is 26.5 Å². The van der Waals surface area contributed by atoms with Gasteiger partial charge in [0.15, 0.2) is 5.54 Å². The first-order valence-electron chi connectivity index (χ1n) is 6.53. The minimum Gasteiger partial charge on any atom is -0.379 e. The molecule has 104 valence electrons. The summed E-state index contributed by atoms with van der Waals surface area (Å²) in [4.78, 5) is 0. The zero-order valence-corrected chi connectivity index (χ0v) is 11.8. The average Bonchev–Trinajstić information content (AvgIpc) is 2.48. The highest BCUT2D eigenvalue weighted by molar-refractivity contribution is 5.31. The van der Waals surface area contributed by atoms with Crippen LogP contribution >= 0.6 is 0 Å². The normalized spacial score (nSPS) is 15.5. The fraction of sp³-hybridized carbons (Fsp3) is 0.533. The van der Waals surface area contributed by atoms with Crippen molar-refractivity contribution in [1.29, 1.82) is 5.26 Å². The van der Waals surface area contributed by atoms with Gasteiger partial charge in [-0.3, -0.25) is 5.32 Å². The smallest absolute Gasteiger partial charge is 0.155 e. The molecule has 1 aromatic rings. The Hall–Kier alpha value is -1.41. The van der Waals surface area contributed by atoms with Gasteiger partial charge in [-0.2, -0.15) is 5.26 Å². The molecule has 0 bridgehead atoms. The van der Waals surface area contributed by atoms with E-state index in [0.717, 1.165) is 5.56 Å². The fourth-order valence-corrected chi connectivity index (χ4v) is 1.77. The number of likely N-dealkylation sites (N-methyl/N-ethyl adjacent to an activating group) is 1. The second kappa shape index (κ2) is 7.90. The van der Waals surface area contributed by atoms with Crippen LogP contribution in [0.3, 0.4) is 0 Å². The highest BCUT2D eigenvalue weighted by Gasteiger charge is 2.31. The highest BCUT2D eigenvalue weighted by Crippen LogP contribution is 2.21. The predicted octanol–water partition coefficient (Wildman–Crippen LogP) is 2.07. The quantitative estimate of drug-likeness (QED) is 0.779. The van der Waals surface area contributed by atoms with Gasteiger partial charge in [0.25, 0.3) is 0 Å². The highest BCUT2D eigenvalue weighted by atomic mass is 16.5. The SMILES string of the molecule is CCOCC(C)OCC(C#N)(NC)c1ccccc1. The van der Waals surface area contributed by atoms with E-state index in [0.29, 0.717) is 13.2 Å². The minimum absolute atomic E-state index is 0.0373. The van der Waals surface area contributed by atoms with E-state index in [1.54, 1.807) is 7.05 Å². The van der Waals surface area contributed by atoms with Gasteiger partial charge in [-0.25, -0.2) is 0 Å². The molecule has 1 N–H and O–H groups in total. The van der Waals surface area contributed by atoms with Gasteiger partial charge < -0.3 is 9.47 Å². The van der Waals surface area contributed by atoms with E-state index >= 15 is 0 Å². The molecule has 0 spiro atoms. The van der Waals surface area contributed by atoms with Crippen LogP contribution in [-0.2, 0) is 15.0 Å². The molecule has 0 aliphatic rings. The van der Waals surface area contributed by atoms with Crippen LogP contribution in [0.15, 0.2) is 30.3 Å². The third kappa shape index (κ3) is 4.32. The van der Waals surface area contributed by atoms with Gasteiger partial charge >= 0.3 is 0 Å². The van der Waals surface area contributed by atoms with Crippen LogP contribution in [-0.4, -0.2) is 33.0 Å². The van der Waals surface area contributed by atoms with Gasteiger partial charge in [-0.15, -0.1) is 0 Å². The van der Waals surface area contributed by atoms with E-state index in [-0.39, 0.29) is 12.7 Å². The van der Waals surface area contributed by atoms with Gasteiger partial charge in [0.1, 0.15) is 0 Å². The van der Waals surface area contributed by atoms with Crippen molar-refractivity contribution in [2.24, 2.45) is 0 Å². The van der Waals surface area contributed by atoms with E-state index in [1.165, 1.54) is 0 Å². The van der Waals surface area contributed by atoms with Crippen LogP contribution in [0.4, 0.5) is 0 Å². The number of benzene rings is 1. The van der Waals surface area contributed by atoms with Crippen molar-refractivity contribution in [2.75, 3.05) is 26.9 Å². The molecule has 2 atom stereocenters. The lowest BCUT2D eigenvalue weighted by Gasteiger charge is -2.28. The number of nitrogens with zero attached hydrogens (tertiary/aromatic N) is 1. The summed E-state index contributed by atoms with van der Waals surface area (Å²) in [6.07, 6.45) is -0.0373. The molecule has 0 aliphatic carbocycles. The second-order valence-corrected chi connectivity index (χ2v) is 4.41. The van der Waals surface area contributed by atoms with Crippen LogP contribution in [0.5, 0.6) is 0 Å². The van der Waals surface area contributed by atoms with E-state index in [2.05, 4.69) is 11.4 Å². The Balaban J connectivity index is 2.71. The van der Waals surface area contributed by atoms with Crippen LogP contribution in [0, 0.1) is 11.3 Å². The third-order valence-electron chi connectivity index (χ3n) is 3.03. The van der Waals surface area contributed by atoms with E-state index in [4.69, 9.17) is 9.47 Å². The monoisotopic (exact) mass is 262 g/mol. The topological polar surface area (TPSA) is 54.3 Å². The molecule has 0 amide bonds. The number of hydrogen-bond donors (Lipinski definition) is 1. The summed E-state index contributed by atoms with van der Waals surface area (Å²) in [5, 5.41) is 12.6. The van der Waals surface area contributed by atoms with Crippen molar-refractivity contribution < 1.29 is 9.47 Å². The minimum atomic E-state index is -0.818. The van der Waals surface area contributed by atoms with E-state index < -0.39 is 5.54 Å². The molecule has 1 rings (SSSR count). The summed E-state index contributed by atoms with van der Waals surface area (Å²) in [5.74, 6) is 0. The molecule has 0 saturated carbocycles. The molecular weight excluding hydrogens is 240 g/mol. The van der Waals surface area contributed by atoms with Crippen molar-refractivity contribution in [2.45, 2.75) is 25.5 Å². The second-order valence-electron chi connectivity index (χ2n) is 4.41. The zero-order chi connectivity index (χ0) is 14.1. The summed E-state index contributed by atoms with van der Waals surface area (Å²) in [6.45, 7) is 5.39. The van der Waals surface area contributed by atoms with Crippen molar-refractivity contribution in [1.82, 2.24) is 5.32 Å². The van der Waals surface area contributed by atoms with Gasteiger partial charge in [0, 0.05) is 6.61 Å². The largest absolute Gasteiger partial charge is 0.379 e. The first kappa shape index (κ1) is 15.6. The third-order valence-corrected chi connectivity index (χ3v) is 3.03. The summed E-state index contributed by atoms with van der Waals surface area (Å²) >= 11 is 0. The van der Waals surface area contributed by atoms with Crippen LogP contribution < -0.4 is 5.32 Å². The van der Waals surface area contributed by atoms with E-state index in [9.17, 15) is 5.26 Å². The van der Waals surface area contributed by atoms with Crippen LogP contribution in [0.25, 0.3) is 0 Å². The maximum atomic E-state index is 9.50. The molecule has 1 aromatic carbocycles. The average molecular weight is 262 g/mol. The molecule has 19 heavy (non-hydrogen) atoms. The molecule has 0 fully saturated rings. The molecule has 0 saturated heterocycles. The van der Waals surface area contributed by atoms with Gasteiger partial charge in [0.05, 0.1) is 25.4 Å². The first-order valence-corrected chi connectivity index (χ1v) is 6.53. The summed E-state index contributed by atoms with van der Waals surface area (Å²) in [7, 11) is 1.77. The summed E-state index contributed by atoms with van der Waals surface area (Å²) in [5.41, 5.74) is 0.0884. The Bertz CT molecular complexity index is 402. The Morgan fingerprint density at radius 2 is 2.05 bits per heavy atom. The molecular formula is C15H22N2O2. The number of hydrogen-bond acceptors (Lipinski definition) is 4. The lowest BCUT2D eigenvalue weighted by Crippen LogP contribution is -2.44. The van der Waals surface area contributed by atoms with Crippen LogP contribution in [0.1, 0.15) is 19.4 Å². The van der Waals surface area contributed by atoms with Crippen molar-refractivity contribution in [3.05, 3.63) is 35.9 Å². The fourth-order valence-electron chi connectivity index (χ4n) is 1.77. The number of nitrogens with one attached hydrogen (secondary N) is 1. The number of nitriles is 1. The van der Waals surface area contributed by atoms with E-state index in [1.807, 2.05) is 44.2 Å². The zero-order valence-electron chi connectivity index (χ0n) is 11.8. The standard InChI is InChI=1S/C15H22N2O2/c1-4-18-10-13(2)19-12-15(11-16,17-3)14-8-6-5-7-9-14/h5-9,13,17H,4,10,12H2,1-3H3. The molecule has 0 heterocycles. The molecule has 0 radical (unpaired) electrons. The lowest BCUT2D eigenvalue weighted by atomic mass is 9.92. The maximum Gasteiger partial charge on any atom is 0.155 e. The lowest BCUT2D eigenvalue weighted by molar-refractivity contribution is -0.0199. The van der Waals surface area contributed by atoms with Crippen LogP contribution in [0.2, 0.25) is 0 Å². The maximum absolute atomic E-state index is 9.50. The molecule has 0 aromatic heterocycles. The van der Waals surface area contributed by atoms with Crippen molar-refractivity contribution in [3.63, 3.8) is 0 Å². The molecule has 4 nitrogen and oxygen atoms in total. The van der Waals surface area contributed by atoms with Crippen molar-refractivity contribution in [3.8, 4) is 6.07 Å². The first-order chi connectivity index (χ1) is 9.18. The Morgan fingerprint density at radius 3 is 2.58 bits per heavy atom. The van der Waals surface area contributed by atoms with Gasteiger partial charge in [0.2, 0.25) is 0 Å². The molecule has 0 aliphatic heterocycles. The Kier molecular flexibility index (Phi) is 6.51. The Labute approximate surface area is 115 Å². The summed E-state index contributed by atoms with van der Waals surface area (Å²) in [6, 6.07) is 11.9. The number of rotatable bonds is 8. The molecule has 2 unspecified atom stereocenters. The Morgan fingerprint density at radius 1 is 1.37 bits per heavy atom. The predicted molar refractivity (Wildman–Crippen MR) is 74.7 cm³/mol. The summed E-state index contributed by atoms with van der Waals surface area (Å²) < 4.78 is 11.0. The van der Waals surface area contributed by atoms with Crippen molar-refractivity contribution >= 4 is 0 Å². The van der Waals surface area contributed by atoms with Gasteiger partial charge in [-0.1, -0.05) is 30.3 Å². The number of ether oxygens (including phenoxy) is 2.